The summed E-state index contributed by atoms with van der Waals surface area (Å²) in [6.07, 6.45) is 0. The van der Waals surface area contributed by atoms with Crippen molar-refractivity contribution in [2.75, 3.05) is 6.61 Å². The van der Waals surface area contributed by atoms with Gasteiger partial charge in [-0.3, -0.25) is 4.79 Å². The molecule has 0 atom stereocenters. The van der Waals surface area contributed by atoms with E-state index in [-0.39, 0.29) is 24.1 Å². The van der Waals surface area contributed by atoms with Gasteiger partial charge in [-0.1, -0.05) is 41.9 Å². The zero-order chi connectivity index (χ0) is 20.4. The van der Waals surface area contributed by atoms with E-state index in [1.807, 2.05) is 31.2 Å². The number of hydrogen-bond donors (Lipinski definition) is 2. The highest BCUT2D eigenvalue weighted by Gasteiger charge is 2.15. The number of carbonyl (C=O) groups excluding carboxylic acids is 1. The summed E-state index contributed by atoms with van der Waals surface area (Å²) >= 11 is 6.82. The number of nitrogens with one attached hydrogen (secondary N) is 1. The topological polar surface area (TPSA) is 87.0 Å². The number of carbonyl (C=O) groups is 1. The highest BCUT2D eigenvalue weighted by Crippen LogP contribution is 2.40. The molecule has 0 saturated carbocycles. The van der Waals surface area contributed by atoms with Crippen molar-refractivity contribution in [2.45, 2.75) is 26.7 Å². The Labute approximate surface area is 179 Å². The average Bonchev–Trinajstić information content (AvgIpc) is 2.93. The summed E-state index contributed by atoms with van der Waals surface area (Å²) in [6.45, 7) is 5.86. The second-order valence-corrected chi connectivity index (χ2v) is 8.48. The molecule has 0 spiro atoms. The number of hydrogen-bond acceptors (Lipinski definition) is 4. The first kappa shape index (κ1) is 20.5. The largest absolute Gasteiger partial charge is 0.493 e. The van der Waals surface area contributed by atoms with Crippen molar-refractivity contribution in [3.8, 4) is 11.6 Å². The lowest BCUT2D eigenvalue weighted by Crippen LogP contribution is -2.09. The van der Waals surface area contributed by atoms with Gasteiger partial charge in [-0.2, -0.15) is 0 Å². The van der Waals surface area contributed by atoms with E-state index in [2.05, 4.69) is 60.9 Å². The van der Waals surface area contributed by atoms with Crippen molar-refractivity contribution in [1.82, 2.24) is 4.98 Å². The van der Waals surface area contributed by atoms with Gasteiger partial charge in [0.15, 0.2) is 12.3 Å². The molecular formula is C20H19Br2N3O3. The van der Waals surface area contributed by atoms with Crippen molar-refractivity contribution in [3.63, 3.8) is 0 Å². The molecule has 3 aromatic rings. The van der Waals surface area contributed by atoms with Crippen molar-refractivity contribution < 1.29 is 14.6 Å². The first-order valence-corrected chi connectivity index (χ1v) is 10.2. The summed E-state index contributed by atoms with van der Waals surface area (Å²) in [5.74, 6) is 0.236. The first-order chi connectivity index (χ1) is 13.3. The van der Waals surface area contributed by atoms with Crippen LogP contribution < -0.4 is 4.74 Å². The second-order valence-electron chi connectivity index (χ2n) is 6.71. The third-order valence-corrected chi connectivity index (χ3v) is 5.26. The van der Waals surface area contributed by atoms with Crippen molar-refractivity contribution in [3.05, 3.63) is 50.4 Å². The maximum absolute atomic E-state index is 12.2. The molecule has 0 bridgehead atoms. The molecule has 1 aromatic heterocycles. The molecule has 3 rings (SSSR count). The van der Waals surface area contributed by atoms with Crippen LogP contribution in [-0.4, -0.2) is 22.6 Å². The molecule has 0 saturated heterocycles. The molecule has 2 aromatic carbocycles. The van der Waals surface area contributed by atoms with E-state index in [0.717, 1.165) is 20.1 Å². The van der Waals surface area contributed by atoms with Crippen LogP contribution in [0.1, 0.15) is 30.9 Å². The van der Waals surface area contributed by atoms with Gasteiger partial charge in [0.1, 0.15) is 5.75 Å². The number of azo groups is 1. The van der Waals surface area contributed by atoms with Gasteiger partial charge in [0.25, 0.3) is 0 Å². The summed E-state index contributed by atoms with van der Waals surface area (Å²) in [4.78, 5) is 15.0. The third kappa shape index (κ3) is 4.44. The number of aromatic amines is 1. The minimum Gasteiger partial charge on any atom is -0.493 e. The first-order valence-electron chi connectivity index (χ1n) is 8.64. The molecule has 0 aliphatic heterocycles. The maximum atomic E-state index is 12.2. The smallest absolute Gasteiger partial charge is 0.302 e. The zero-order valence-electron chi connectivity index (χ0n) is 15.6. The fourth-order valence-corrected chi connectivity index (χ4v) is 4.14. The van der Waals surface area contributed by atoms with E-state index in [1.54, 1.807) is 6.07 Å². The van der Waals surface area contributed by atoms with Gasteiger partial charge < -0.3 is 14.8 Å². The van der Waals surface area contributed by atoms with Crippen molar-refractivity contribution in [2.24, 2.45) is 10.2 Å². The van der Waals surface area contributed by atoms with E-state index in [4.69, 9.17) is 4.74 Å². The van der Waals surface area contributed by atoms with Gasteiger partial charge in [0.2, 0.25) is 5.88 Å². The van der Waals surface area contributed by atoms with Gasteiger partial charge in [0, 0.05) is 14.3 Å². The van der Waals surface area contributed by atoms with Gasteiger partial charge >= 0.3 is 5.91 Å². The third-order valence-electron chi connectivity index (χ3n) is 4.18. The molecule has 0 unspecified atom stereocenters. The number of nitrogens with zero attached hydrogens (tertiary/aromatic N) is 2. The van der Waals surface area contributed by atoms with Gasteiger partial charge in [-0.25, -0.2) is 0 Å². The summed E-state index contributed by atoms with van der Waals surface area (Å²) < 4.78 is 7.24. The molecule has 28 heavy (non-hydrogen) atoms. The summed E-state index contributed by atoms with van der Waals surface area (Å²) in [7, 11) is 0. The Hall–Kier alpha value is -2.19. The number of aromatic hydroxyl groups is 1. The highest BCUT2D eigenvalue weighted by molar-refractivity contribution is 9.11. The Balaban J connectivity index is 1.78. The second kappa shape index (κ2) is 8.45. The van der Waals surface area contributed by atoms with Gasteiger partial charge in [-0.05, 0) is 58.1 Å². The lowest BCUT2D eigenvalue weighted by molar-refractivity contribution is -0.120. The Morgan fingerprint density at radius 2 is 2.00 bits per heavy atom. The van der Waals surface area contributed by atoms with E-state index in [1.165, 1.54) is 0 Å². The lowest BCUT2D eigenvalue weighted by Gasteiger charge is -2.13. The SMILES string of the molecule is Cc1ccc(C(C)C)c(OCC(=O)N=Nc2c(O)[nH]c3c(Br)cc(Br)cc23)c1. The predicted molar refractivity (Wildman–Crippen MR) is 116 cm³/mol. The molecule has 2 N–H and O–H groups in total. The highest BCUT2D eigenvalue weighted by atomic mass is 79.9. The van der Waals surface area contributed by atoms with E-state index >= 15 is 0 Å². The minimum absolute atomic E-state index is 0.160. The van der Waals surface area contributed by atoms with Crippen molar-refractivity contribution in [1.29, 1.82) is 0 Å². The Morgan fingerprint density at radius 3 is 2.71 bits per heavy atom. The number of aryl methyl sites for hydroxylation is 1. The van der Waals surface area contributed by atoms with Gasteiger partial charge in [-0.15, -0.1) is 10.2 Å². The molecule has 1 heterocycles. The molecule has 0 aliphatic carbocycles. The van der Waals surface area contributed by atoms with Crippen LogP contribution in [-0.2, 0) is 4.79 Å². The molecule has 0 fully saturated rings. The van der Waals surface area contributed by atoms with Crippen LogP contribution in [0, 0.1) is 6.92 Å². The van der Waals surface area contributed by atoms with E-state index in [9.17, 15) is 9.90 Å². The standard InChI is InChI=1S/C20H19Br2N3O3/c1-10(2)13-5-4-11(3)6-16(13)28-9-17(26)24-25-19-14-7-12(21)8-15(22)18(14)23-20(19)27/h4-8,10,23,27H,9H2,1-3H3. The number of benzene rings is 2. The number of fused-ring (bicyclic) bond motifs is 1. The average molecular weight is 509 g/mol. The van der Waals surface area contributed by atoms with Crippen LogP contribution in [0.15, 0.2) is 49.5 Å². The fourth-order valence-electron chi connectivity index (χ4n) is 2.81. The Bertz CT molecular complexity index is 1070. The number of halogens is 2. The van der Waals surface area contributed by atoms with Crippen LogP contribution in [0.3, 0.4) is 0 Å². The summed E-state index contributed by atoms with van der Waals surface area (Å²) in [5.41, 5.74) is 2.94. The number of H-pyrrole nitrogens is 1. The van der Waals surface area contributed by atoms with Crippen molar-refractivity contribution >= 4 is 54.4 Å². The predicted octanol–water partition coefficient (Wildman–Crippen LogP) is 6.52. The van der Waals surface area contributed by atoms with Crippen LogP contribution in [0.2, 0.25) is 0 Å². The molecule has 0 radical (unpaired) electrons. The van der Waals surface area contributed by atoms with Gasteiger partial charge in [0.05, 0.1) is 5.52 Å². The Morgan fingerprint density at radius 1 is 1.25 bits per heavy atom. The molecule has 1 amide bonds. The number of amides is 1. The minimum atomic E-state index is -0.543. The molecular weight excluding hydrogens is 490 g/mol. The molecule has 146 valence electrons. The molecule has 0 aliphatic rings. The Kier molecular flexibility index (Phi) is 6.20. The van der Waals surface area contributed by atoms with Crippen LogP contribution in [0.25, 0.3) is 10.9 Å². The van der Waals surface area contributed by atoms with Crippen LogP contribution in [0.4, 0.5) is 5.69 Å². The zero-order valence-corrected chi connectivity index (χ0v) is 18.8. The maximum Gasteiger partial charge on any atom is 0.302 e. The normalized spacial score (nSPS) is 11.6. The monoisotopic (exact) mass is 507 g/mol. The lowest BCUT2D eigenvalue weighted by atomic mass is 10.0. The fraction of sp³-hybridized carbons (Fsp3) is 0.250. The van der Waals surface area contributed by atoms with Crippen LogP contribution >= 0.6 is 31.9 Å². The quantitative estimate of drug-likeness (QED) is 0.384. The molecule has 8 heteroatoms. The summed E-state index contributed by atoms with van der Waals surface area (Å²) in [6, 6.07) is 9.54. The number of rotatable bonds is 5. The number of aromatic nitrogens is 1. The number of ether oxygens (including phenoxy) is 1. The van der Waals surface area contributed by atoms with E-state index in [0.29, 0.717) is 16.7 Å². The van der Waals surface area contributed by atoms with Crippen LogP contribution in [0.5, 0.6) is 11.6 Å². The molecule has 6 nitrogen and oxygen atoms in total. The summed E-state index contributed by atoms with van der Waals surface area (Å²) in [5, 5.41) is 18.4. The van der Waals surface area contributed by atoms with E-state index < -0.39 is 5.91 Å².